The SMILES string of the molecule is CC(O)(CNC(=O)c1ccc(NC(N)=O)cc1)CC(=O)O. The Balaban J connectivity index is 2.59. The van der Waals surface area contributed by atoms with Crippen LogP contribution in [0, 0.1) is 0 Å². The fourth-order valence-electron chi connectivity index (χ4n) is 1.61. The largest absolute Gasteiger partial charge is 0.481 e. The summed E-state index contributed by atoms with van der Waals surface area (Å²) in [5.74, 6) is -1.62. The number of aliphatic carboxylic acids is 1. The van der Waals surface area contributed by atoms with Crippen molar-refractivity contribution < 1.29 is 24.6 Å². The summed E-state index contributed by atoms with van der Waals surface area (Å²) < 4.78 is 0. The Morgan fingerprint density at radius 2 is 1.81 bits per heavy atom. The zero-order valence-electron chi connectivity index (χ0n) is 11.4. The molecule has 0 saturated carbocycles. The molecular weight excluding hydrogens is 278 g/mol. The smallest absolute Gasteiger partial charge is 0.316 e. The summed E-state index contributed by atoms with van der Waals surface area (Å²) in [5.41, 5.74) is 4.16. The second-order valence-corrected chi connectivity index (χ2v) is 4.82. The van der Waals surface area contributed by atoms with Gasteiger partial charge in [-0.25, -0.2) is 4.79 Å². The molecule has 1 atom stereocenters. The first-order chi connectivity index (χ1) is 9.69. The molecule has 1 unspecified atom stereocenters. The molecule has 0 aliphatic rings. The van der Waals surface area contributed by atoms with E-state index in [1.165, 1.54) is 31.2 Å². The zero-order chi connectivity index (χ0) is 16.0. The molecule has 0 heterocycles. The number of carbonyl (C=O) groups excluding carboxylic acids is 2. The lowest BCUT2D eigenvalue weighted by molar-refractivity contribution is -0.141. The maximum Gasteiger partial charge on any atom is 0.316 e. The lowest BCUT2D eigenvalue weighted by Crippen LogP contribution is -2.42. The Morgan fingerprint density at radius 3 is 2.29 bits per heavy atom. The van der Waals surface area contributed by atoms with Gasteiger partial charge >= 0.3 is 12.0 Å². The molecule has 0 fully saturated rings. The van der Waals surface area contributed by atoms with Crippen LogP contribution in [0.2, 0.25) is 0 Å². The van der Waals surface area contributed by atoms with Crippen LogP contribution in [-0.2, 0) is 4.79 Å². The zero-order valence-corrected chi connectivity index (χ0v) is 11.4. The van der Waals surface area contributed by atoms with E-state index in [-0.39, 0.29) is 6.54 Å². The van der Waals surface area contributed by atoms with Crippen LogP contribution in [0.15, 0.2) is 24.3 Å². The van der Waals surface area contributed by atoms with Gasteiger partial charge in [0.05, 0.1) is 12.0 Å². The maximum absolute atomic E-state index is 11.8. The van der Waals surface area contributed by atoms with Gasteiger partial charge in [-0.2, -0.15) is 0 Å². The predicted molar refractivity (Wildman–Crippen MR) is 74.9 cm³/mol. The van der Waals surface area contributed by atoms with E-state index in [2.05, 4.69) is 10.6 Å². The summed E-state index contributed by atoms with van der Waals surface area (Å²) in [6.07, 6.45) is -0.477. The highest BCUT2D eigenvalue weighted by Crippen LogP contribution is 2.11. The van der Waals surface area contributed by atoms with Crippen LogP contribution in [-0.4, -0.2) is 40.3 Å². The Hall–Kier alpha value is -2.61. The molecule has 1 aromatic carbocycles. The molecule has 3 amide bonds. The van der Waals surface area contributed by atoms with E-state index in [1.807, 2.05) is 0 Å². The number of nitrogens with one attached hydrogen (secondary N) is 2. The van der Waals surface area contributed by atoms with Gasteiger partial charge in [-0.1, -0.05) is 0 Å². The van der Waals surface area contributed by atoms with E-state index < -0.39 is 29.9 Å². The van der Waals surface area contributed by atoms with E-state index >= 15 is 0 Å². The first-order valence-electron chi connectivity index (χ1n) is 6.08. The van der Waals surface area contributed by atoms with Gasteiger partial charge < -0.3 is 26.6 Å². The van der Waals surface area contributed by atoms with Gasteiger partial charge in [0.25, 0.3) is 5.91 Å². The van der Waals surface area contributed by atoms with Crippen molar-refractivity contribution in [3.05, 3.63) is 29.8 Å². The Morgan fingerprint density at radius 1 is 1.24 bits per heavy atom. The molecule has 0 spiro atoms. The monoisotopic (exact) mass is 295 g/mol. The second-order valence-electron chi connectivity index (χ2n) is 4.82. The van der Waals surface area contributed by atoms with E-state index in [1.54, 1.807) is 0 Å². The predicted octanol–water partition coefficient (Wildman–Crippen LogP) is 0.133. The van der Waals surface area contributed by atoms with Crippen LogP contribution in [0.3, 0.4) is 0 Å². The summed E-state index contributed by atoms with van der Waals surface area (Å²) in [7, 11) is 0. The van der Waals surface area contributed by atoms with Crippen molar-refractivity contribution in [3.8, 4) is 0 Å². The lowest BCUT2D eigenvalue weighted by atomic mass is 10.0. The number of anilines is 1. The summed E-state index contributed by atoms with van der Waals surface area (Å²) >= 11 is 0. The third-order valence-electron chi connectivity index (χ3n) is 2.58. The van der Waals surface area contributed by atoms with Crippen molar-refractivity contribution in [1.82, 2.24) is 5.32 Å². The minimum absolute atomic E-state index is 0.195. The molecule has 6 N–H and O–H groups in total. The third kappa shape index (κ3) is 5.91. The minimum Gasteiger partial charge on any atom is -0.481 e. The Bertz CT molecular complexity index is 539. The molecule has 8 nitrogen and oxygen atoms in total. The van der Waals surface area contributed by atoms with Gasteiger partial charge in [0.2, 0.25) is 0 Å². The number of urea groups is 1. The number of rotatable bonds is 6. The number of hydrogen-bond acceptors (Lipinski definition) is 4. The highest BCUT2D eigenvalue weighted by Gasteiger charge is 2.24. The summed E-state index contributed by atoms with van der Waals surface area (Å²) in [6.45, 7) is 1.13. The van der Waals surface area contributed by atoms with E-state index in [4.69, 9.17) is 10.8 Å². The van der Waals surface area contributed by atoms with Crippen LogP contribution in [0.25, 0.3) is 0 Å². The van der Waals surface area contributed by atoms with Crippen LogP contribution < -0.4 is 16.4 Å². The van der Waals surface area contributed by atoms with Crippen LogP contribution >= 0.6 is 0 Å². The number of aliphatic hydroxyl groups is 1. The molecular formula is C13H17N3O5. The highest BCUT2D eigenvalue weighted by atomic mass is 16.4. The molecule has 21 heavy (non-hydrogen) atoms. The topological polar surface area (TPSA) is 142 Å². The van der Waals surface area contributed by atoms with E-state index in [0.717, 1.165) is 0 Å². The first-order valence-corrected chi connectivity index (χ1v) is 6.08. The number of benzene rings is 1. The molecule has 1 aromatic rings. The van der Waals surface area contributed by atoms with Crippen molar-refractivity contribution in [1.29, 1.82) is 0 Å². The molecule has 0 saturated heterocycles. The van der Waals surface area contributed by atoms with Crippen molar-refractivity contribution >= 4 is 23.6 Å². The number of nitrogens with two attached hydrogens (primary N) is 1. The standard InChI is InChI=1S/C13H17N3O5/c1-13(21,6-10(17)18)7-15-11(19)8-2-4-9(5-3-8)16-12(14)20/h2-5,21H,6-7H2,1H3,(H,15,19)(H,17,18)(H3,14,16,20). The molecule has 0 aromatic heterocycles. The summed E-state index contributed by atoms with van der Waals surface area (Å²) in [6, 6.07) is 5.21. The van der Waals surface area contributed by atoms with Crippen LogP contribution in [0.4, 0.5) is 10.5 Å². The number of carboxylic acid groups (broad SMARTS) is 1. The Labute approximate surface area is 120 Å². The molecule has 0 aliphatic carbocycles. The van der Waals surface area contributed by atoms with Crippen molar-refractivity contribution in [2.75, 3.05) is 11.9 Å². The van der Waals surface area contributed by atoms with Crippen molar-refractivity contribution in [2.45, 2.75) is 18.9 Å². The number of primary amides is 1. The summed E-state index contributed by atoms with van der Waals surface area (Å²) in [5, 5.41) is 23.2. The number of carbonyl (C=O) groups is 3. The molecule has 114 valence electrons. The van der Waals surface area contributed by atoms with Gasteiger partial charge in [0.1, 0.15) is 0 Å². The molecule has 1 rings (SSSR count). The number of amides is 3. The van der Waals surface area contributed by atoms with Crippen molar-refractivity contribution in [3.63, 3.8) is 0 Å². The average molecular weight is 295 g/mol. The van der Waals surface area contributed by atoms with Crippen molar-refractivity contribution in [2.24, 2.45) is 5.73 Å². The Kier molecular flexibility index (Phi) is 5.25. The first kappa shape index (κ1) is 16.4. The molecule has 0 aliphatic heterocycles. The highest BCUT2D eigenvalue weighted by molar-refractivity contribution is 5.95. The van der Waals surface area contributed by atoms with Gasteiger partial charge in [0.15, 0.2) is 0 Å². The fourth-order valence-corrected chi connectivity index (χ4v) is 1.61. The van der Waals surface area contributed by atoms with Crippen LogP contribution in [0.5, 0.6) is 0 Å². The normalized spacial score (nSPS) is 13.0. The molecule has 8 heteroatoms. The van der Waals surface area contributed by atoms with E-state index in [9.17, 15) is 19.5 Å². The fraction of sp³-hybridized carbons (Fsp3) is 0.308. The maximum atomic E-state index is 11.8. The summed E-state index contributed by atoms with van der Waals surface area (Å²) in [4.78, 5) is 33.0. The lowest BCUT2D eigenvalue weighted by Gasteiger charge is -2.21. The third-order valence-corrected chi connectivity index (χ3v) is 2.58. The van der Waals surface area contributed by atoms with Gasteiger partial charge in [0, 0.05) is 17.8 Å². The second kappa shape index (κ2) is 6.71. The molecule has 0 bridgehead atoms. The number of hydrogen-bond donors (Lipinski definition) is 5. The average Bonchev–Trinajstić information content (AvgIpc) is 2.34. The quantitative estimate of drug-likeness (QED) is 0.507. The molecule has 0 radical (unpaired) electrons. The van der Waals surface area contributed by atoms with E-state index in [0.29, 0.717) is 11.3 Å². The van der Waals surface area contributed by atoms with Gasteiger partial charge in [-0.3, -0.25) is 9.59 Å². The minimum atomic E-state index is -1.53. The number of carboxylic acids is 1. The van der Waals surface area contributed by atoms with Crippen LogP contribution in [0.1, 0.15) is 23.7 Å². The van der Waals surface area contributed by atoms with Gasteiger partial charge in [-0.05, 0) is 31.2 Å². The van der Waals surface area contributed by atoms with Gasteiger partial charge in [-0.15, -0.1) is 0 Å².